The van der Waals surface area contributed by atoms with Gasteiger partial charge in [0.05, 0.1) is 22.6 Å². The van der Waals surface area contributed by atoms with Crippen molar-refractivity contribution in [3.05, 3.63) is 78.0 Å². The van der Waals surface area contributed by atoms with E-state index in [9.17, 15) is 13.2 Å². The Morgan fingerprint density at radius 1 is 0.871 bits per heavy atom. The lowest BCUT2D eigenvalue weighted by Gasteiger charge is -2.44. The van der Waals surface area contributed by atoms with Gasteiger partial charge in [-0.1, -0.05) is 36.4 Å². The fourth-order valence-electron chi connectivity index (χ4n) is 4.24. The van der Waals surface area contributed by atoms with Crippen molar-refractivity contribution in [2.24, 2.45) is 0 Å². The quantitative estimate of drug-likeness (QED) is 0.563. The highest BCUT2D eigenvalue weighted by atomic mass is 32.2. The third-order valence-corrected chi connectivity index (χ3v) is 6.68. The van der Waals surface area contributed by atoms with Crippen LogP contribution >= 0.6 is 11.8 Å². The lowest BCUT2D eigenvalue weighted by molar-refractivity contribution is -0.137. The molecule has 0 spiro atoms. The van der Waals surface area contributed by atoms with Crippen LogP contribution in [0.1, 0.15) is 11.1 Å². The van der Waals surface area contributed by atoms with Crippen LogP contribution in [-0.4, -0.2) is 34.5 Å². The molecule has 1 saturated heterocycles. The van der Waals surface area contributed by atoms with E-state index < -0.39 is 17.5 Å². The van der Waals surface area contributed by atoms with E-state index in [0.717, 1.165) is 47.6 Å². The van der Waals surface area contributed by atoms with Gasteiger partial charge in [-0.2, -0.15) is 24.9 Å². The molecule has 4 nitrogen and oxygen atoms in total. The summed E-state index contributed by atoms with van der Waals surface area (Å²) in [6.45, 7) is 1.80. The minimum atomic E-state index is -4.45. The van der Waals surface area contributed by atoms with Gasteiger partial charge in [0, 0.05) is 41.9 Å². The second-order valence-corrected chi connectivity index (χ2v) is 8.80. The summed E-state index contributed by atoms with van der Waals surface area (Å²) in [5, 5.41) is 7.28. The van der Waals surface area contributed by atoms with Crippen LogP contribution in [0.2, 0.25) is 0 Å². The first-order valence-corrected chi connectivity index (χ1v) is 11.2. The molecule has 2 aliphatic heterocycles. The summed E-state index contributed by atoms with van der Waals surface area (Å²) in [7, 11) is 0. The fraction of sp³-hybridized carbons (Fsp3) is 0.261. The minimum Gasteiger partial charge on any atom is -0.345 e. The highest BCUT2D eigenvalue weighted by molar-refractivity contribution is 7.99. The van der Waals surface area contributed by atoms with E-state index in [-0.39, 0.29) is 5.69 Å². The van der Waals surface area contributed by atoms with Crippen molar-refractivity contribution in [2.45, 2.75) is 12.0 Å². The molecule has 0 bridgehead atoms. The smallest absolute Gasteiger partial charge is 0.345 e. The van der Waals surface area contributed by atoms with Crippen molar-refractivity contribution in [3.63, 3.8) is 0 Å². The molecule has 3 heterocycles. The summed E-state index contributed by atoms with van der Waals surface area (Å²) in [6.07, 6.45) is -3.06. The number of benzene rings is 2. The van der Waals surface area contributed by atoms with Crippen LogP contribution in [0.15, 0.2) is 66.9 Å². The molecule has 160 valence electrons. The Morgan fingerprint density at radius 3 is 2.13 bits per heavy atom. The number of thioether (sulfide) groups is 1. The number of aromatic nitrogens is 1. The van der Waals surface area contributed by atoms with E-state index in [1.807, 2.05) is 48.2 Å². The van der Waals surface area contributed by atoms with Crippen LogP contribution in [0.4, 0.5) is 24.5 Å². The maximum Gasteiger partial charge on any atom is 0.418 e. The number of nitrogens with one attached hydrogen (secondary N) is 2. The Balaban J connectivity index is 1.54. The molecule has 31 heavy (non-hydrogen) atoms. The SMILES string of the molecule is FC(F)(F)c1cccnc1-c1ccc(C2(N3CCSCC3)Nc3ccccc3N2)cc1. The predicted molar refractivity (Wildman–Crippen MR) is 119 cm³/mol. The van der Waals surface area contributed by atoms with Gasteiger partial charge in [0.2, 0.25) is 0 Å². The van der Waals surface area contributed by atoms with Crippen LogP contribution in [0.5, 0.6) is 0 Å². The second-order valence-electron chi connectivity index (χ2n) is 7.58. The molecule has 2 aliphatic rings. The number of hydrogen-bond acceptors (Lipinski definition) is 5. The molecule has 0 unspecified atom stereocenters. The first-order chi connectivity index (χ1) is 15.0. The molecule has 0 aliphatic carbocycles. The van der Waals surface area contributed by atoms with Gasteiger partial charge in [0.15, 0.2) is 5.79 Å². The number of anilines is 2. The van der Waals surface area contributed by atoms with Gasteiger partial charge in [0.1, 0.15) is 0 Å². The lowest BCUT2D eigenvalue weighted by atomic mass is 10.00. The molecule has 2 N–H and O–H groups in total. The number of nitrogens with zero attached hydrogens (tertiary/aromatic N) is 2. The van der Waals surface area contributed by atoms with E-state index >= 15 is 0 Å². The number of rotatable bonds is 3. The second kappa shape index (κ2) is 7.76. The van der Waals surface area contributed by atoms with E-state index in [4.69, 9.17) is 0 Å². The number of pyridine rings is 1. The first kappa shape index (κ1) is 20.2. The van der Waals surface area contributed by atoms with Crippen LogP contribution in [0, 0.1) is 0 Å². The predicted octanol–water partition coefficient (Wildman–Crippen LogP) is 5.46. The molecule has 1 fully saturated rings. The molecule has 0 saturated carbocycles. The monoisotopic (exact) mass is 442 g/mol. The number of halogens is 3. The van der Waals surface area contributed by atoms with Gasteiger partial charge in [-0.3, -0.25) is 9.88 Å². The minimum absolute atomic E-state index is 0.0550. The van der Waals surface area contributed by atoms with E-state index in [2.05, 4.69) is 20.5 Å². The Bertz CT molecular complexity index is 1050. The van der Waals surface area contributed by atoms with Gasteiger partial charge in [-0.15, -0.1) is 0 Å². The number of para-hydroxylation sites is 2. The maximum atomic E-state index is 13.4. The van der Waals surface area contributed by atoms with Crippen LogP contribution < -0.4 is 10.6 Å². The largest absolute Gasteiger partial charge is 0.418 e. The highest BCUT2D eigenvalue weighted by Gasteiger charge is 2.44. The topological polar surface area (TPSA) is 40.2 Å². The van der Waals surface area contributed by atoms with E-state index in [1.54, 1.807) is 12.1 Å². The number of fused-ring (bicyclic) bond motifs is 1. The zero-order valence-electron chi connectivity index (χ0n) is 16.6. The van der Waals surface area contributed by atoms with Crippen molar-refractivity contribution >= 4 is 23.1 Å². The summed E-state index contributed by atoms with van der Waals surface area (Å²) in [4.78, 5) is 6.38. The van der Waals surface area contributed by atoms with Gasteiger partial charge in [-0.25, -0.2) is 0 Å². The van der Waals surface area contributed by atoms with Crippen molar-refractivity contribution in [1.82, 2.24) is 9.88 Å². The standard InChI is InChI=1S/C23H21F3N4S/c24-22(25,26)18-4-3-11-27-21(18)16-7-9-17(10-8-16)23(30-12-14-31-15-13-30)28-19-5-1-2-6-20(19)29-23/h1-11,28-29H,12-15H2. The zero-order valence-corrected chi connectivity index (χ0v) is 17.4. The summed E-state index contributed by atoms with van der Waals surface area (Å²) < 4.78 is 40.3. The average Bonchev–Trinajstić information content (AvgIpc) is 3.20. The Morgan fingerprint density at radius 2 is 1.52 bits per heavy atom. The fourth-order valence-corrected chi connectivity index (χ4v) is 5.14. The Hall–Kier alpha value is -2.71. The number of alkyl halides is 3. The average molecular weight is 443 g/mol. The number of hydrogen-bond donors (Lipinski definition) is 2. The van der Waals surface area contributed by atoms with Crippen LogP contribution in [0.3, 0.4) is 0 Å². The normalized spacial score (nSPS) is 18.2. The summed E-state index contributed by atoms with van der Waals surface area (Å²) >= 11 is 1.93. The van der Waals surface area contributed by atoms with Crippen molar-refractivity contribution in [3.8, 4) is 11.3 Å². The molecule has 0 amide bonds. The lowest BCUT2D eigenvalue weighted by Crippen LogP contribution is -2.57. The first-order valence-electron chi connectivity index (χ1n) is 10.1. The van der Waals surface area contributed by atoms with Crippen molar-refractivity contribution in [1.29, 1.82) is 0 Å². The molecule has 5 rings (SSSR count). The van der Waals surface area contributed by atoms with Gasteiger partial charge in [-0.05, 0) is 24.3 Å². The summed E-state index contributed by atoms with van der Waals surface area (Å²) in [5.74, 6) is 1.42. The third kappa shape index (κ3) is 3.64. The molecule has 8 heteroatoms. The zero-order chi connectivity index (χ0) is 21.5. The van der Waals surface area contributed by atoms with Crippen molar-refractivity contribution in [2.75, 3.05) is 35.2 Å². The van der Waals surface area contributed by atoms with Gasteiger partial charge >= 0.3 is 6.18 Å². The van der Waals surface area contributed by atoms with Crippen molar-refractivity contribution < 1.29 is 13.2 Å². The van der Waals surface area contributed by atoms with Crippen LogP contribution in [-0.2, 0) is 12.0 Å². The van der Waals surface area contributed by atoms with E-state index in [0.29, 0.717) is 5.56 Å². The highest BCUT2D eigenvalue weighted by Crippen LogP contribution is 2.43. The van der Waals surface area contributed by atoms with Crippen LogP contribution in [0.25, 0.3) is 11.3 Å². The molecule has 3 aromatic rings. The molecular formula is C23H21F3N4S. The van der Waals surface area contributed by atoms with Gasteiger partial charge in [0.25, 0.3) is 0 Å². The maximum absolute atomic E-state index is 13.4. The van der Waals surface area contributed by atoms with E-state index in [1.165, 1.54) is 12.3 Å². The molecule has 0 atom stereocenters. The molecule has 2 aromatic carbocycles. The third-order valence-electron chi connectivity index (χ3n) is 5.73. The molecule has 0 radical (unpaired) electrons. The summed E-state index contributed by atoms with van der Waals surface area (Å²) in [6, 6.07) is 17.6. The summed E-state index contributed by atoms with van der Waals surface area (Å²) in [5.41, 5.74) is 2.62. The molecule has 1 aromatic heterocycles. The Labute approximate surface area is 182 Å². The molecular weight excluding hydrogens is 421 g/mol. The van der Waals surface area contributed by atoms with Gasteiger partial charge < -0.3 is 10.6 Å². The Kier molecular flexibility index (Phi) is 5.06.